The summed E-state index contributed by atoms with van der Waals surface area (Å²) in [6.07, 6.45) is 0. The topological polar surface area (TPSA) is 89.3 Å². The second kappa shape index (κ2) is 6.09. The average Bonchev–Trinajstić information content (AvgIpc) is 2.80. The number of aryl methyl sites for hydroxylation is 1. The molecule has 1 amide bonds. The van der Waals surface area contributed by atoms with Crippen LogP contribution in [0.2, 0.25) is 0 Å². The Morgan fingerprint density at radius 1 is 1.29 bits per heavy atom. The molecule has 0 aliphatic heterocycles. The molecule has 0 radical (unpaired) electrons. The normalized spacial score (nSPS) is 11.3. The third kappa shape index (κ3) is 3.91. The van der Waals surface area contributed by atoms with Crippen LogP contribution >= 0.6 is 0 Å². The highest BCUT2D eigenvalue weighted by Crippen LogP contribution is 2.22. The van der Waals surface area contributed by atoms with E-state index in [-0.39, 0.29) is 5.75 Å². The molecule has 1 N–H and O–H groups in total. The second-order valence-corrected chi connectivity index (χ2v) is 6.66. The maximum absolute atomic E-state index is 11.9. The molecule has 0 unspecified atom stereocenters. The number of carbonyl (C=O) groups is 1. The quantitative estimate of drug-likeness (QED) is 0.899. The van der Waals surface area contributed by atoms with Crippen LogP contribution in [0.1, 0.15) is 11.5 Å². The Kier molecular flexibility index (Phi) is 4.42. The van der Waals surface area contributed by atoms with Gasteiger partial charge in [0.25, 0.3) is 0 Å². The molecule has 1 aromatic carbocycles. The Morgan fingerprint density at radius 3 is 2.57 bits per heavy atom. The first-order valence-corrected chi connectivity index (χ1v) is 8.16. The first-order valence-electron chi connectivity index (χ1n) is 6.34. The Labute approximate surface area is 123 Å². The van der Waals surface area contributed by atoms with Crippen molar-refractivity contribution < 1.29 is 17.6 Å². The van der Waals surface area contributed by atoms with Crippen LogP contribution in [0.5, 0.6) is 0 Å². The van der Waals surface area contributed by atoms with E-state index in [0.29, 0.717) is 17.3 Å². The van der Waals surface area contributed by atoms with E-state index in [4.69, 9.17) is 4.42 Å². The number of rotatable bonds is 5. The molecular weight excluding hydrogens is 292 g/mol. The molecule has 2 aromatic rings. The van der Waals surface area contributed by atoms with Gasteiger partial charge in [-0.3, -0.25) is 4.79 Å². The van der Waals surface area contributed by atoms with Crippen LogP contribution in [0.4, 0.5) is 0 Å². The van der Waals surface area contributed by atoms with Gasteiger partial charge in [-0.1, -0.05) is 18.2 Å². The molecule has 7 heteroatoms. The number of hydrogen-bond donors (Lipinski definition) is 1. The summed E-state index contributed by atoms with van der Waals surface area (Å²) in [5.74, 6) is -0.606. The van der Waals surface area contributed by atoms with Gasteiger partial charge in [0.2, 0.25) is 11.8 Å². The molecule has 0 saturated heterocycles. The van der Waals surface area contributed by atoms with Crippen molar-refractivity contribution in [2.24, 2.45) is 0 Å². The van der Waals surface area contributed by atoms with E-state index in [1.54, 1.807) is 6.92 Å². The standard InChI is InChI=1S/C14H16N2O4S/c1-10-12(8-21(18,19)9-13(17)15-2)16-14(20-10)11-6-4-3-5-7-11/h3-7H,8-9H2,1-2H3,(H,15,17). The summed E-state index contributed by atoms with van der Waals surface area (Å²) in [6, 6.07) is 9.21. The van der Waals surface area contributed by atoms with Crippen molar-refractivity contribution in [1.82, 2.24) is 10.3 Å². The van der Waals surface area contributed by atoms with E-state index in [2.05, 4.69) is 10.3 Å². The van der Waals surface area contributed by atoms with Gasteiger partial charge in [-0.2, -0.15) is 0 Å². The van der Waals surface area contributed by atoms with Crippen LogP contribution in [-0.2, 0) is 20.4 Å². The number of nitrogens with zero attached hydrogens (tertiary/aromatic N) is 1. The van der Waals surface area contributed by atoms with Gasteiger partial charge in [-0.25, -0.2) is 13.4 Å². The summed E-state index contributed by atoms with van der Waals surface area (Å²) in [5.41, 5.74) is 1.10. The maximum Gasteiger partial charge on any atom is 0.234 e. The number of amides is 1. The zero-order valence-corrected chi connectivity index (χ0v) is 12.6. The summed E-state index contributed by atoms with van der Waals surface area (Å²) >= 11 is 0. The predicted molar refractivity (Wildman–Crippen MR) is 78.2 cm³/mol. The molecule has 21 heavy (non-hydrogen) atoms. The van der Waals surface area contributed by atoms with Crippen molar-refractivity contribution in [3.05, 3.63) is 41.8 Å². The fourth-order valence-corrected chi connectivity index (χ4v) is 3.13. The Balaban J connectivity index is 2.22. The third-order valence-corrected chi connectivity index (χ3v) is 4.32. The molecule has 0 aliphatic rings. The zero-order chi connectivity index (χ0) is 15.5. The molecule has 6 nitrogen and oxygen atoms in total. The summed E-state index contributed by atoms with van der Waals surface area (Å²) in [7, 11) is -2.18. The minimum absolute atomic E-state index is 0.317. The van der Waals surface area contributed by atoms with E-state index in [9.17, 15) is 13.2 Å². The maximum atomic E-state index is 11.9. The highest BCUT2D eigenvalue weighted by molar-refractivity contribution is 7.91. The van der Waals surface area contributed by atoms with Gasteiger partial charge in [0.15, 0.2) is 9.84 Å². The van der Waals surface area contributed by atoms with E-state index in [1.807, 2.05) is 30.3 Å². The zero-order valence-electron chi connectivity index (χ0n) is 11.8. The number of hydrogen-bond acceptors (Lipinski definition) is 5. The van der Waals surface area contributed by atoms with E-state index in [0.717, 1.165) is 5.56 Å². The number of benzene rings is 1. The lowest BCUT2D eigenvalue weighted by atomic mass is 10.2. The fraction of sp³-hybridized carbons (Fsp3) is 0.286. The SMILES string of the molecule is CNC(=O)CS(=O)(=O)Cc1nc(-c2ccccc2)oc1C. The van der Waals surface area contributed by atoms with Crippen LogP contribution in [0.3, 0.4) is 0 Å². The van der Waals surface area contributed by atoms with Gasteiger partial charge in [0, 0.05) is 12.6 Å². The number of sulfone groups is 1. The van der Waals surface area contributed by atoms with Crippen LogP contribution in [0.15, 0.2) is 34.7 Å². The van der Waals surface area contributed by atoms with Gasteiger partial charge in [-0.15, -0.1) is 0 Å². The van der Waals surface area contributed by atoms with E-state index in [1.165, 1.54) is 7.05 Å². The molecule has 1 heterocycles. The summed E-state index contributed by atoms with van der Waals surface area (Å²) in [5, 5.41) is 2.29. The van der Waals surface area contributed by atoms with E-state index < -0.39 is 21.5 Å². The Hall–Kier alpha value is -2.15. The van der Waals surface area contributed by atoms with Gasteiger partial charge in [0.1, 0.15) is 11.5 Å². The molecule has 2 rings (SSSR count). The lowest BCUT2D eigenvalue weighted by Gasteiger charge is -2.01. The van der Waals surface area contributed by atoms with Crippen LogP contribution in [-0.4, -0.2) is 32.1 Å². The molecular formula is C14H16N2O4S. The number of carbonyl (C=O) groups excluding carboxylic acids is 1. The van der Waals surface area contributed by atoms with Crippen molar-refractivity contribution in [2.45, 2.75) is 12.7 Å². The van der Waals surface area contributed by atoms with Crippen LogP contribution in [0, 0.1) is 6.92 Å². The first-order chi connectivity index (χ1) is 9.91. The molecule has 0 spiro atoms. The second-order valence-electron chi connectivity index (χ2n) is 4.59. The van der Waals surface area contributed by atoms with Gasteiger partial charge >= 0.3 is 0 Å². The van der Waals surface area contributed by atoms with Crippen molar-refractivity contribution >= 4 is 15.7 Å². The molecule has 0 bridgehead atoms. The molecule has 0 fully saturated rings. The van der Waals surface area contributed by atoms with Crippen molar-refractivity contribution in [1.29, 1.82) is 0 Å². The highest BCUT2D eigenvalue weighted by Gasteiger charge is 2.21. The van der Waals surface area contributed by atoms with Crippen molar-refractivity contribution in [3.63, 3.8) is 0 Å². The highest BCUT2D eigenvalue weighted by atomic mass is 32.2. The molecule has 0 saturated carbocycles. The van der Waals surface area contributed by atoms with Crippen molar-refractivity contribution in [3.8, 4) is 11.5 Å². The Morgan fingerprint density at radius 2 is 1.95 bits per heavy atom. The van der Waals surface area contributed by atoms with Crippen LogP contribution in [0.25, 0.3) is 11.5 Å². The smallest absolute Gasteiger partial charge is 0.234 e. The number of aromatic nitrogens is 1. The summed E-state index contributed by atoms with van der Waals surface area (Å²) in [4.78, 5) is 15.4. The Bertz CT molecular complexity index is 736. The van der Waals surface area contributed by atoms with Crippen LogP contribution < -0.4 is 5.32 Å². The lowest BCUT2D eigenvalue weighted by Crippen LogP contribution is -2.27. The summed E-state index contributed by atoms with van der Waals surface area (Å²) < 4.78 is 29.4. The van der Waals surface area contributed by atoms with Gasteiger partial charge < -0.3 is 9.73 Å². The minimum atomic E-state index is -3.57. The number of nitrogens with one attached hydrogen (secondary N) is 1. The molecule has 1 aromatic heterocycles. The minimum Gasteiger partial charge on any atom is -0.441 e. The molecule has 0 atom stereocenters. The summed E-state index contributed by atoms with van der Waals surface area (Å²) in [6.45, 7) is 1.66. The molecule has 112 valence electrons. The average molecular weight is 308 g/mol. The first kappa shape index (κ1) is 15.2. The largest absolute Gasteiger partial charge is 0.441 e. The number of oxazole rings is 1. The fourth-order valence-electron chi connectivity index (χ4n) is 1.80. The molecule has 0 aliphatic carbocycles. The monoisotopic (exact) mass is 308 g/mol. The van der Waals surface area contributed by atoms with Gasteiger partial charge in [0.05, 0.1) is 11.4 Å². The predicted octanol–water partition coefficient (Wildman–Crippen LogP) is 1.31. The van der Waals surface area contributed by atoms with Gasteiger partial charge in [-0.05, 0) is 19.1 Å². The van der Waals surface area contributed by atoms with E-state index >= 15 is 0 Å². The third-order valence-electron chi connectivity index (χ3n) is 2.90. The lowest BCUT2D eigenvalue weighted by molar-refractivity contribution is -0.118. The van der Waals surface area contributed by atoms with Crippen molar-refractivity contribution in [2.75, 3.05) is 12.8 Å².